The molecule has 0 aliphatic rings. The smallest absolute Gasteiger partial charge is 0.251 e. The van der Waals surface area contributed by atoms with Gasteiger partial charge in [0.05, 0.1) is 29.3 Å². The van der Waals surface area contributed by atoms with E-state index in [2.05, 4.69) is 5.32 Å². The number of hydrogen-bond donors (Lipinski definition) is 1. The van der Waals surface area contributed by atoms with E-state index in [4.69, 9.17) is 9.68 Å². The van der Waals surface area contributed by atoms with Crippen LogP contribution in [-0.2, 0) is 23.1 Å². The molecule has 0 spiro atoms. The van der Waals surface area contributed by atoms with Gasteiger partial charge in [-0.25, -0.2) is 8.42 Å². The summed E-state index contributed by atoms with van der Waals surface area (Å²) in [4.78, 5) is 11.8. The Kier molecular flexibility index (Phi) is 6.12. The molecule has 0 radical (unpaired) electrons. The Morgan fingerprint density at radius 1 is 1.07 bits per heavy atom. The SMILES string of the molecule is CNC(=O)c1ccc(CN(Cc2ccco2)S(=O)(=O)c2ccc(C#N)cc2)cc1. The van der Waals surface area contributed by atoms with Crippen LogP contribution in [0.1, 0.15) is 27.2 Å². The van der Waals surface area contributed by atoms with Crippen molar-refractivity contribution in [3.05, 3.63) is 89.4 Å². The number of nitrogens with one attached hydrogen (secondary N) is 1. The zero-order valence-electron chi connectivity index (χ0n) is 15.7. The van der Waals surface area contributed by atoms with Crippen molar-refractivity contribution >= 4 is 15.9 Å². The fraction of sp³-hybridized carbons (Fsp3) is 0.143. The first-order valence-corrected chi connectivity index (χ1v) is 10.2. The van der Waals surface area contributed by atoms with Gasteiger partial charge in [0.25, 0.3) is 5.91 Å². The summed E-state index contributed by atoms with van der Waals surface area (Å²) < 4.78 is 33.1. The van der Waals surface area contributed by atoms with Crippen molar-refractivity contribution in [1.29, 1.82) is 5.26 Å². The third kappa shape index (κ3) is 4.71. The third-order valence-electron chi connectivity index (χ3n) is 4.34. The van der Waals surface area contributed by atoms with Crippen molar-refractivity contribution in [3.63, 3.8) is 0 Å². The minimum atomic E-state index is -3.85. The van der Waals surface area contributed by atoms with E-state index in [0.717, 1.165) is 5.56 Å². The van der Waals surface area contributed by atoms with Gasteiger partial charge in [-0.2, -0.15) is 9.57 Å². The van der Waals surface area contributed by atoms with Gasteiger partial charge in [0.2, 0.25) is 10.0 Å². The lowest BCUT2D eigenvalue weighted by Gasteiger charge is -2.21. The first kappa shape index (κ1) is 20.3. The highest BCUT2D eigenvalue weighted by Crippen LogP contribution is 2.22. The van der Waals surface area contributed by atoms with Crippen LogP contribution in [-0.4, -0.2) is 25.7 Å². The molecule has 0 unspecified atom stereocenters. The van der Waals surface area contributed by atoms with E-state index >= 15 is 0 Å². The van der Waals surface area contributed by atoms with Crippen LogP contribution in [0.15, 0.2) is 76.2 Å². The molecule has 0 fully saturated rings. The molecule has 0 bridgehead atoms. The first-order chi connectivity index (χ1) is 13.9. The predicted molar refractivity (Wildman–Crippen MR) is 106 cm³/mol. The number of nitriles is 1. The van der Waals surface area contributed by atoms with Crippen LogP contribution in [0.25, 0.3) is 0 Å². The molecule has 8 heteroatoms. The Hall–Kier alpha value is -3.41. The molecule has 0 saturated heterocycles. The van der Waals surface area contributed by atoms with Crippen molar-refractivity contribution < 1.29 is 17.6 Å². The maximum Gasteiger partial charge on any atom is 0.251 e. The number of amides is 1. The zero-order chi connectivity index (χ0) is 20.9. The third-order valence-corrected chi connectivity index (χ3v) is 6.14. The number of hydrogen-bond acceptors (Lipinski definition) is 5. The molecule has 7 nitrogen and oxygen atoms in total. The van der Waals surface area contributed by atoms with Crippen molar-refractivity contribution in [2.24, 2.45) is 0 Å². The molecule has 3 aromatic rings. The van der Waals surface area contributed by atoms with Gasteiger partial charge in [-0.05, 0) is 54.1 Å². The number of furan rings is 1. The van der Waals surface area contributed by atoms with Gasteiger partial charge in [-0.15, -0.1) is 0 Å². The molecule has 0 aliphatic heterocycles. The minimum Gasteiger partial charge on any atom is -0.468 e. The Labute approximate surface area is 169 Å². The van der Waals surface area contributed by atoms with Crippen molar-refractivity contribution in [1.82, 2.24) is 9.62 Å². The Morgan fingerprint density at radius 3 is 2.31 bits per heavy atom. The fourth-order valence-corrected chi connectivity index (χ4v) is 4.16. The number of benzene rings is 2. The summed E-state index contributed by atoms with van der Waals surface area (Å²) in [6, 6.07) is 17.9. The molecule has 29 heavy (non-hydrogen) atoms. The maximum absolute atomic E-state index is 13.2. The van der Waals surface area contributed by atoms with Crippen LogP contribution < -0.4 is 5.32 Å². The molecular formula is C21H19N3O4S. The van der Waals surface area contributed by atoms with Gasteiger partial charge in [0.1, 0.15) is 5.76 Å². The maximum atomic E-state index is 13.2. The molecule has 0 saturated carbocycles. The van der Waals surface area contributed by atoms with Gasteiger partial charge >= 0.3 is 0 Å². The molecule has 1 amide bonds. The van der Waals surface area contributed by atoms with Gasteiger partial charge in [-0.3, -0.25) is 4.79 Å². The van der Waals surface area contributed by atoms with Crippen molar-refractivity contribution in [2.75, 3.05) is 7.05 Å². The average molecular weight is 409 g/mol. The minimum absolute atomic E-state index is 0.0481. The highest BCUT2D eigenvalue weighted by Gasteiger charge is 2.26. The summed E-state index contributed by atoms with van der Waals surface area (Å²) in [5.74, 6) is 0.290. The van der Waals surface area contributed by atoms with Gasteiger partial charge in [0.15, 0.2) is 0 Å². The van der Waals surface area contributed by atoms with Gasteiger partial charge < -0.3 is 9.73 Å². The van der Waals surface area contributed by atoms with Gasteiger partial charge in [0, 0.05) is 19.2 Å². The summed E-state index contributed by atoms with van der Waals surface area (Å²) in [7, 11) is -2.30. The molecule has 148 valence electrons. The summed E-state index contributed by atoms with van der Waals surface area (Å²) in [5.41, 5.74) is 1.59. The normalized spacial score (nSPS) is 11.2. The molecule has 1 N–H and O–H groups in total. The molecule has 1 heterocycles. The standard InChI is InChI=1S/C21H19N3O4S/c1-23-21(25)18-8-4-17(5-9-18)14-24(15-19-3-2-12-28-19)29(26,27)20-10-6-16(13-22)7-11-20/h2-12H,14-15H2,1H3,(H,23,25). The Morgan fingerprint density at radius 2 is 1.76 bits per heavy atom. The van der Waals surface area contributed by atoms with Crippen molar-refractivity contribution in [2.45, 2.75) is 18.0 Å². The summed E-state index contributed by atoms with van der Waals surface area (Å²) in [6.45, 7) is 0.142. The largest absolute Gasteiger partial charge is 0.468 e. The first-order valence-electron chi connectivity index (χ1n) is 8.78. The highest BCUT2D eigenvalue weighted by molar-refractivity contribution is 7.89. The second kappa shape index (κ2) is 8.73. The number of rotatable bonds is 7. The molecule has 0 atom stereocenters. The summed E-state index contributed by atoms with van der Waals surface area (Å²) in [6.07, 6.45) is 1.49. The van der Waals surface area contributed by atoms with Crippen LogP contribution in [0.2, 0.25) is 0 Å². The predicted octanol–water partition coefficient (Wildman–Crippen LogP) is 2.90. The molecular weight excluding hydrogens is 390 g/mol. The van der Waals surface area contributed by atoms with E-state index in [1.165, 1.54) is 34.8 Å². The van der Waals surface area contributed by atoms with E-state index in [1.807, 2.05) is 6.07 Å². The second-order valence-electron chi connectivity index (χ2n) is 6.26. The Balaban J connectivity index is 1.91. The molecule has 2 aromatic carbocycles. The summed E-state index contributed by atoms with van der Waals surface area (Å²) >= 11 is 0. The van der Waals surface area contributed by atoms with Crippen molar-refractivity contribution in [3.8, 4) is 6.07 Å². The Bertz CT molecular complexity index is 1110. The molecule has 0 aliphatic carbocycles. The van der Waals surface area contributed by atoms with Crippen LogP contribution in [0.3, 0.4) is 0 Å². The van der Waals surface area contributed by atoms with Crippen LogP contribution in [0.5, 0.6) is 0 Å². The number of sulfonamides is 1. The fourth-order valence-electron chi connectivity index (χ4n) is 2.76. The van der Waals surface area contributed by atoms with E-state index in [9.17, 15) is 13.2 Å². The second-order valence-corrected chi connectivity index (χ2v) is 8.20. The molecule has 1 aromatic heterocycles. The number of carbonyl (C=O) groups is 1. The number of carbonyl (C=O) groups excluding carboxylic acids is 1. The topological polar surface area (TPSA) is 103 Å². The van der Waals surface area contributed by atoms with Crippen LogP contribution in [0.4, 0.5) is 0 Å². The van der Waals surface area contributed by atoms with E-state index in [0.29, 0.717) is 16.9 Å². The van der Waals surface area contributed by atoms with Crippen LogP contribution in [0, 0.1) is 11.3 Å². The number of nitrogens with zero attached hydrogens (tertiary/aromatic N) is 2. The van der Waals surface area contributed by atoms with E-state index in [1.54, 1.807) is 43.4 Å². The lowest BCUT2D eigenvalue weighted by molar-refractivity contribution is 0.0963. The van der Waals surface area contributed by atoms with Gasteiger partial charge in [-0.1, -0.05) is 12.1 Å². The van der Waals surface area contributed by atoms with E-state index in [-0.39, 0.29) is 23.9 Å². The average Bonchev–Trinajstić information content (AvgIpc) is 3.26. The lowest BCUT2D eigenvalue weighted by Crippen LogP contribution is -2.30. The van der Waals surface area contributed by atoms with E-state index < -0.39 is 10.0 Å². The monoisotopic (exact) mass is 409 g/mol. The molecule has 3 rings (SSSR count). The quantitative estimate of drug-likeness (QED) is 0.646. The summed E-state index contributed by atoms with van der Waals surface area (Å²) in [5, 5.41) is 11.5. The lowest BCUT2D eigenvalue weighted by atomic mass is 10.1. The van der Waals surface area contributed by atoms with Crippen LogP contribution >= 0.6 is 0 Å². The zero-order valence-corrected chi connectivity index (χ0v) is 16.5. The highest BCUT2D eigenvalue weighted by atomic mass is 32.2.